The number of hydrazine groups is 1. The van der Waals surface area contributed by atoms with E-state index in [9.17, 15) is 9.59 Å². The van der Waals surface area contributed by atoms with E-state index in [1.165, 1.54) is 0 Å². The summed E-state index contributed by atoms with van der Waals surface area (Å²) < 4.78 is 11.2. The highest BCUT2D eigenvalue weighted by Crippen LogP contribution is 2.28. The maximum atomic E-state index is 12.2. The molecule has 0 spiro atoms. The molecular weight excluding hydrogens is 368 g/mol. The third-order valence-corrected chi connectivity index (χ3v) is 4.62. The molecule has 0 saturated carbocycles. The number of nitrogens with one attached hydrogen (secondary N) is 2. The average molecular weight is 399 g/mol. The fraction of sp³-hybridized carbons (Fsp3) is 0.391. The van der Waals surface area contributed by atoms with E-state index in [4.69, 9.17) is 9.47 Å². The Kier molecular flexibility index (Phi) is 9.02. The van der Waals surface area contributed by atoms with Crippen LogP contribution in [0.25, 0.3) is 0 Å². The number of amides is 2. The first-order valence-electron chi connectivity index (χ1n) is 10.1. The lowest BCUT2D eigenvalue weighted by Crippen LogP contribution is -2.43. The van der Waals surface area contributed by atoms with E-state index in [0.717, 1.165) is 24.8 Å². The molecule has 0 unspecified atom stereocenters. The van der Waals surface area contributed by atoms with Crippen LogP contribution in [-0.2, 0) is 4.79 Å². The van der Waals surface area contributed by atoms with Gasteiger partial charge in [-0.25, -0.2) is 0 Å². The molecule has 0 aliphatic heterocycles. The fourth-order valence-corrected chi connectivity index (χ4v) is 2.65. The van der Waals surface area contributed by atoms with Crippen molar-refractivity contribution in [3.05, 3.63) is 59.7 Å². The SMILES string of the molecule is CCCCOc1ccc(C(=O)NNC(=O)COc2ccccc2[C@@H](C)CC)cc1. The predicted octanol–water partition coefficient (Wildman–Crippen LogP) is 4.22. The van der Waals surface area contributed by atoms with Crippen LogP contribution in [0, 0.1) is 0 Å². The van der Waals surface area contributed by atoms with E-state index < -0.39 is 11.8 Å². The van der Waals surface area contributed by atoms with Gasteiger partial charge in [0, 0.05) is 5.56 Å². The van der Waals surface area contributed by atoms with Gasteiger partial charge in [-0.2, -0.15) is 0 Å². The first kappa shape index (κ1) is 22.3. The van der Waals surface area contributed by atoms with Gasteiger partial charge in [0.2, 0.25) is 0 Å². The van der Waals surface area contributed by atoms with Crippen LogP contribution in [0.3, 0.4) is 0 Å². The summed E-state index contributed by atoms with van der Waals surface area (Å²) in [6.07, 6.45) is 3.02. The molecule has 2 N–H and O–H groups in total. The van der Waals surface area contributed by atoms with E-state index in [-0.39, 0.29) is 6.61 Å². The van der Waals surface area contributed by atoms with E-state index in [2.05, 4.69) is 31.6 Å². The molecule has 0 bridgehead atoms. The van der Waals surface area contributed by atoms with Crippen molar-refractivity contribution >= 4 is 11.8 Å². The van der Waals surface area contributed by atoms with E-state index >= 15 is 0 Å². The van der Waals surface area contributed by atoms with Gasteiger partial charge in [0.25, 0.3) is 11.8 Å². The number of benzene rings is 2. The van der Waals surface area contributed by atoms with E-state index in [0.29, 0.717) is 29.6 Å². The van der Waals surface area contributed by atoms with Gasteiger partial charge in [0.15, 0.2) is 6.61 Å². The van der Waals surface area contributed by atoms with Crippen LogP contribution in [0.5, 0.6) is 11.5 Å². The summed E-state index contributed by atoms with van der Waals surface area (Å²) in [5.41, 5.74) is 6.26. The van der Waals surface area contributed by atoms with Crippen LogP contribution in [0.2, 0.25) is 0 Å². The van der Waals surface area contributed by atoms with Gasteiger partial charge in [-0.15, -0.1) is 0 Å². The maximum absolute atomic E-state index is 12.2. The van der Waals surface area contributed by atoms with Crippen molar-refractivity contribution in [2.24, 2.45) is 0 Å². The van der Waals surface area contributed by atoms with Crippen LogP contribution in [0.15, 0.2) is 48.5 Å². The van der Waals surface area contributed by atoms with Gasteiger partial charge in [-0.1, -0.05) is 45.4 Å². The Morgan fingerprint density at radius 2 is 1.69 bits per heavy atom. The molecule has 0 saturated heterocycles. The van der Waals surface area contributed by atoms with Crippen LogP contribution in [-0.4, -0.2) is 25.0 Å². The average Bonchev–Trinajstić information content (AvgIpc) is 2.76. The fourth-order valence-electron chi connectivity index (χ4n) is 2.65. The molecule has 0 fully saturated rings. The molecule has 6 heteroatoms. The van der Waals surface area contributed by atoms with Crippen molar-refractivity contribution in [1.29, 1.82) is 0 Å². The van der Waals surface area contributed by atoms with Crippen molar-refractivity contribution in [2.45, 2.75) is 46.0 Å². The van der Waals surface area contributed by atoms with Gasteiger partial charge in [-0.3, -0.25) is 20.4 Å². The molecule has 2 aromatic carbocycles. The monoisotopic (exact) mass is 398 g/mol. The number of unbranched alkanes of at least 4 members (excludes halogenated alkanes) is 1. The zero-order valence-electron chi connectivity index (χ0n) is 17.4. The maximum Gasteiger partial charge on any atom is 0.276 e. The van der Waals surface area contributed by atoms with Crippen LogP contribution < -0.4 is 20.3 Å². The minimum Gasteiger partial charge on any atom is -0.494 e. The number of carbonyl (C=O) groups excluding carboxylic acids is 2. The normalized spacial score (nSPS) is 11.4. The molecule has 29 heavy (non-hydrogen) atoms. The summed E-state index contributed by atoms with van der Waals surface area (Å²) in [5.74, 6) is 0.896. The van der Waals surface area contributed by atoms with Gasteiger partial charge in [0.1, 0.15) is 11.5 Å². The summed E-state index contributed by atoms with van der Waals surface area (Å²) in [6, 6.07) is 14.5. The lowest BCUT2D eigenvalue weighted by molar-refractivity contribution is -0.123. The van der Waals surface area contributed by atoms with Gasteiger partial charge >= 0.3 is 0 Å². The molecule has 0 radical (unpaired) electrons. The topological polar surface area (TPSA) is 76.7 Å². The Labute approximate surface area is 172 Å². The highest BCUT2D eigenvalue weighted by atomic mass is 16.5. The summed E-state index contributed by atoms with van der Waals surface area (Å²) >= 11 is 0. The Balaban J connectivity index is 1.80. The lowest BCUT2D eigenvalue weighted by atomic mass is 9.98. The Morgan fingerprint density at radius 1 is 0.966 bits per heavy atom. The van der Waals surface area contributed by atoms with Crippen molar-refractivity contribution in [1.82, 2.24) is 10.9 Å². The smallest absolute Gasteiger partial charge is 0.276 e. The van der Waals surface area contributed by atoms with Crippen molar-refractivity contribution in [2.75, 3.05) is 13.2 Å². The second-order valence-electron chi connectivity index (χ2n) is 6.86. The van der Waals surface area contributed by atoms with Crippen LogP contribution >= 0.6 is 0 Å². The quantitative estimate of drug-likeness (QED) is 0.464. The number of rotatable bonds is 10. The zero-order valence-corrected chi connectivity index (χ0v) is 17.4. The molecule has 0 aromatic heterocycles. The molecule has 1 atom stereocenters. The predicted molar refractivity (Wildman–Crippen MR) is 113 cm³/mol. The summed E-state index contributed by atoms with van der Waals surface area (Å²) in [6.45, 7) is 6.78. The van der Waals surface area contributed by atoms with Gasteiger partial charge in [-0.05, 0) is 54.7 Å². The molecule has 2 aromatic rings. The number of carbonyl (C=O) groups is 2. The Hall–Kier alpha value is -3.02. The molecule has 0 aliphatic carbocycles. The molecule has 2 amide bonds. The minimum atomic E-state index is -0.433. The minimum absolute atomic E-state index is 0.183. The Morgan fingerprint density at radius 3 is 2.38 bits per heavy atom. The standard InChI is InChI=1S/C23H30N2O4/c1-4-6-15-28-19-13-11-18(12-14-19)23(27)25-24-22(26)16-29-21-10-8-7-9-20(21)17(3)5-2/h7-14,17H,4-6,15-16H2,1-3H3,(H,24,26)(H,25,27)/t17-/m0/s1. The van der Waals surface area contributed by atoms with Crippen LogP contribution in [0.1, 0.15) is 61.9 Å². The second kappa shape index (κ2) is 11.7. The van der Waals surface area contributed by atoms with E-state index in [1.807, 2.05) is 24.3 Å². The third kappa shape index (κ3) is 7.14. The summed E-state index contributed by atoms with van der Waals surface area (Å²) in [4.78, 5) is 24.2. The summed E-state index contributed by atoms with van der Waals surface area (Å²) in [5, 5.41) is 0. The zero-order chi connectivity index (χ0) is 21.1. The number of hydrogen-bond donors (Lipinski definition) is 2. The van der Waals surface area contributed by atoms with E-state index in [1.54, 1.807) is 24.3 Å². The number of ether oxygens (including phenoxy) is 2. The Bertz CT molecular complexity index is 790. The highest BCUT2D eigenvalue weighted by molar-refractivity contribution is 5.95. The second-order valence-corrected chi connectivity index (χ2v) is 6.86. The third-order valence-electron chi connectivity index (χ3n) is 4.62. The van der Waals surface area contributed by atoms with Crippen molar-refractivity contribution < 1.29 is 19.1 Å². The molecule has 0 heterocycles. The largest absolute Gasteiger partial charge is 0.494 e. The molecular formula is C23H30N2O4. The number of para-hydroxylation sites is 1. The first-order chi connectivity index (χ1) is 14.0. The molecule has 2 rings (SSSR count). The van der Waals surface area contributed by atoms with Crippen molar-refractivity contribution in [3.63, 3.8) is 0 Å². The molecule has 0 aliphatic rings. The van der Waals surface area contributed by atoms with Crippen LogP contribution in [0.4, 0.5) is 0 Å². The van der Waals surface area contributed by atoms with Gasteiger partial charge < -0.3 is 9.47 Å². The lowest BCUT2D eigenvalue weighted by Gasteiger charge is -2.15. The molecule has 156 valence electrons. The highest BCUT2D eigenvalue weighted by Gasteiger charge is 2.12. The number of hydrogen-bond acceptors (Lipinski definition) is 4. The van der Waals surface area contributed by atoms with Crippen molar-refractivity contribution in [3.8, 4) is 11.5 Å². The summed E-state index contributed by atoms with van der Waals surface area (Å²) in [7, 11) is 0. The first-order valence-corrected chi connectivity index (χ1v) is 10.1. The molecule has 6 nitrogen and oxygen atoms in total. The van der Waals surface area contributed by atoms with Gasteiger partial charge in [0.05, 0.1) is 6.61 Å².